The van der Waals surface area contributed by atoms with Crippen LogP contribution in [0, 0.1) is 5.92 Å². The van der Waals surface area contributed by atoms with Gasteiger partial charge in [0.05, 0.1) is 11.8 Å². The zero-order valence-corrected chi connectivity index (χ0v) is 10.7. The van der Waals surface area contributed by atoms with Crippen molar-refractivity contribution in [3.05, 3.63) is 17.5 Å². The van der Waals surface area contributed by atoms with Gasteiger partial charge in [0.1, 0.15) is 5.69 Å². The van der Waals surface area contributed by atoms with Crippen molar-refractivity contribution in [1.82, 2.24) is 15.1 Å². The van der Waals surface area contributed by atoms with Crippen molar-refractivity contribution < 1.29 is 15.0 Å². The number of nitrogens with zero attached hydrogens (tertiary/aromatic N) is 2. The predicted molar refractivity (Wildman–Crippen MR) is 65.2 cm³/mol. The Morgan fingerprint density at radius 2 is 2.39 bits per heavy atom. The first-order valence-corrected chi connectivity index (χ1v) is 6.08. The summed E-state index contributed by atoms with van der Waals surface area (Å²) in [5.74, 6) is -0.751. The van der Waals surface area contributed by atoms with Gasteiger partial charge in [0.2, 0.25) is 0 Å². The number of H-pyrrole nitrogens is 1. The van der Waals surface area contributed by atoms with Gasteiger partial charge >= 0.3 is 5.97 Å². The highest BCUT2D eigenvalue weighted by Gasteiger charge is 2.33. The average molecular weight is 253 g/mol. The largest absolute Gasteiger partial charge is 0.477 e. The first-order chi connectivity index (χ1) is 8.38. The maximum Gasteiger partial charge on any atom is 0.354 e. The van der Waals surface area contributed by atoms with Gasteiger partial charge in [-0.1, -0.05) is 0 Å². The van der Waals surface area contributed by atoms with Crippen LogP contribution >= 0.6 is 0 Å². The van der Waals surface area contributed by atoms with Crippen LogP contribution in [0.4, 0.5) is 0 Å². The third-order valence-electron chi connectivity index (χ3n) is 3.60. The highest BCUT2D eigenvalue weighted by atomic mass is 16.4. The van der Waals surface area contributed by atoms with E-state index in [4.69, 9.17) is 5.11 Å². The van der Waals surface area contributed by atoms with Gasteiger partial charge in [-0.25, -0.2) is 4.79 Å². The predicted octanol–water partition coefficient (Wildman–Crippen LogP) is 0.701. The molecule has 0 radical (unpaired) electrons. The Balaban J connectivity index is 2.00. The molecule has 6 heteroatoms. The molecule has 0 aromatic carbocycles. The lowest BCUT2D eigenvalue weighted by Gasteiger charge is -2.25. The fraction of sp³-hybridized carbons (Fsp3) is 0.667. The lowest BCUT2D eigenvalue weighted by atomic mass is 9.90. The van der Waals surface area contributed by atoms with E-state index < -0.39 is 11.6 Å². The molecule has 1 aliphatic rings. The molecule has 1 unspecified atom stereocenters. The molecule has 1 fully saturated rings. The van der Waals surface area contributed by atoms with Crippen LogP contribution in [0.5, 0.6) is 0 Å². The highest BCUT2D eigenvalue weighted by Crippen LogP contribution is 2.28. The van der Waals surface area contributed by atoms with Crippen molar-refractivity contribution in [2.45, 2.75) is 32.4 Å². The number of likely N-dealkylation sites (tertiary alicyclic amines) is 1. The van der Waals surface area contributed by atoms with E-state index in [9.17, 15) is 9.90 Å². The lowest BCUT2D eigenvalue weighted by molar-refractivity contribution is 0.0207. The van der Waals surface area contributed by atoms with Gasteiger partial charge in [0.15, 0.2) is 0 Å². The first-order valence-electron chi connectivity index (χ1n) is 6.08. The molecule has 0 aliphatic carbocycles. The van der Waals surface area contributed by atoms with Crippen molar-refractivity contribution in [2.75, 3.05) is 13.1 Å². The minimum absolute atomic E-state index is 0.154. The van der Waals surface area contributed by atoms with Crippen LogP contribution in [0.1, 0.15) is 36.3 Å². The number of aliphatic hydroxyl groups is 1. The van der Waals surface area contributed by atoms with E-state index in [1.807, 2.05) is 13.8 Å². The molecule has 0 amide bonds. The fourth-order valence-corrected chi connectivity index (χ4v) is 2.41. The van der Waals surface area contributed by atoms with Gasteiger partial charge in [-0.05, 0) is 26.8 Å². The summed E-state index contributed by atoms with van der Waals surface area (Å²) in [6.07, 6.45) is 2.49. The van der Waals surface area contributed by atoms with E-state index in [2.05, 4.69) is 15.1 Å². The maximum atomic E-state index is 11.0. The Morgan fingerprint density at radius 1 is 1.67 bits per heavy atom. The van der Waals surface area contributed by atoms with Gasteiger partial charge < -0.3 is 10.2 Å². The van der Waals surface area contributed by atoms with E-state index in [0.29, 0.717) is 12.1 Å². The molecule has 0 spiro atoms. The van der Waals surface area contributed by atoms with E-state index in [0.717, 1.165) is 19.5 Å². The number of rotatable bonds is 4. The van der Waals surface area contributed by atoms with Crippen molar-refractivity contribution in [3.63, 3.8) is 0 Å². The molecule has 100 valence electrons. The minimum atomic E-state index is -0.985. The van der Waals surface area contributed by atoms with Crippen molar-refractivity contribution in [3.8, 4) is 0 Å². The number of carboxylic acid groups (broad SMARTS) is 1. The summed E-state index contributed by atoms with van der Waals surface area (Å²) < 4.78 is 0. The number of nitrogens with one attached hydrogen (secondary N) is 1. The molecule has 2 heterocycles. The maximum absolute atomic E-state index is 11.0. The molecule has 2 rings (SSSR count). The van der Waals surface area contributed by atoms with Gasteiger partial charge in [0.25, 0.3) is 0 Å². The molecule has 1 aromatic heterocycles. The van der Waals surface area contributed by atoms with Gasteiger partial charge in [-0.15, -0.1) is 0 Å². The van der Waals surface area contributed by atoms with Crippen LogP contribution in [0.2, 0.25) is 0 Å². The molecule has 1 aromatic rings. The number of hydrogen-bond acceptors (Lipinski definition) is 4. The highest BCUT2D eigenvalue weighted by molar-refractivity contribution is 5.86. The summed E-state index contributed by atoms with van der Waals surface area (Å²) >= 11 is 0. The molecule has 6 nitrogen and oxygen atoms in total. The summed E-state index contributed by atoms with van der Waals surface area (Å²) in [5.41, 5.74) is 0.168. The SMILES string of the molecule is CC(C)(O)C1CCN(Cc2cn[nH]c2C(=O)O)C1. The molecular formula is C12H19N3O3. The molecule has 18 heavy (non-hydrogen) atoms. The van der Waals surface area contributed by atoms with Crippen LogP contribution in [-0.2, 0) is 6.54 Å². The standard InChI is InChI=1S/C12H19N3O3/c1-12(2,18)9-3-4-15(7-9)6-8-5-13-14-10(8)11(16)17/h5,9,18H,3-4,6-7H2,1-2H3,(H,13,14)(H,16,17). The summed E-state index contributed by atoms with van der Waals surface area (Å²) in [6, 6.07) is 0. The van der Waals surface area contributed by atoms with Crippen LogP contribution in [0.25, 0.3) is 0 Å². The van der Waals surface area contributed by atoms with Crippen LogP contribution in [0.3, 0.4) is 0 Å². The third-order valence-corrected chi connectivity index (χ3v) is 3.60. The van der Waals surface area contributed by atoms with Crippen LogP contribution in [-0.4, -0.2) is 50.0 Å². The molecular weight excluding hydrogens is 234 g/mol. The van der Waals surface area contributed by atoms with E-state index in [-0.39, 0.29) is 11.6 Å². The van der Waals surface area contributed by atoms with Crippen LogP contribution in [0.15, 0.2) is 6.20 Å². The monoisotopic (exact) mass is 253 g/mol. The van der Waals surface area contributed by atoms with E-state index in [1.54, 1.807) is 6.20 Å². The first kappa shape index (κ1) is 13.0. The van der Waals surface area contributed by atoms with Gasteiger partial charge in [-0.2, -0.15) is 5.10 Å². The van der Waals surface area contributed by atoms with Crippen molar-refractivity contribution in [1.29, 1.82) is 0 Å². The lowest BCUT2D eigenvalue weighted by Crippen LogP contribution is -2.33. The summed E-state index contributed by atoms with van der Waals surface area (Å²) in [4.78, 5) is 13.1. The summed E-state index contributed by atoms with van der Waals surface area (Å²) in [7, 11) is 0. The average Bonchev–Trinajstić information content (AvgIpc) is 2.85. The number of aromatic nitrogens is 2. The zero-order valence-electron chi connectivity index (χ0n) is 10.7. The zero-order chi connectivity index (χ0) is 13.3. The number of hydrogen-bond donors (Lipinski definition) is 3. The molecule has 0 bridgehead atoms. The van der Waals surface area contributed by atoms with E-state index in [1.165, 1.54) is 0 Å². The van der Waals surface area contributed by atoms with Crippen molar-refractivity contribution >= 4 is 5.97 Å². The summed E-state index contributed by atoms with van der Waals surface area (Å²) in [6.45, 7) is 5.86. The molecule has 1 atom stereocenters. The minimum Gasteiger partial charge on any atom is -0.477 e. The second kappa shape index (κ2) is 4.70. The Labute approximate surface area is 106 Å². The Kier molecular flexibility index (Phi) is 3.41. The van der Waals surface area contributed by atoms with Crippen LogP contribution < -0.4 is 0 Å². The topological polar surface area (TPSA) is 89.5 Å². The molecule has 3 N–H and O–H groups in total. The Morgan fingerprint density at radius 3 is 2.94 bits per heavy atom. The normalized spacial score (nSPS) is 21.4. The molecule has 1 saturated heterocycles. The Hall–Kier alpha value is -1.40. The quantitative estimate of drug-likeness (QED) is 0.735. The van der Waals surface area contributed by atoms with E-state index >= 15 is 0 Å². The second-order valence-electron chi connectivity index (χ2n) is 5.45. The summed E-state index contributed by atoms with van der Waals surface area (Å²) in [5, 5.41) is 25.2. The number of carbonyl (C=O) groups is 1. The third kappa shape index (κ3) is 2.70. The Bertz CT molecular complexity index is 436. The van der Waals surface area contributed by atoms with Gasteiger partial charge in [0, 0.05) is 24.6 Å². The number of aromatic carboxylic acids is 1. The smallest absolute Gasteiger partial charge is 0.354 e. The van der Waals surface area contributed by atoms with Crippen molar-refractivity contribution in [2.24, 2.45) is 5.92 Å². The molecule has 0 saturated carbocycles. The van der Waals surface area contributed by atoms with Gasteiger partial charge in [-0.3, -0.25) is 10.00 Å². The number of carboxylic acids is 1. The second-order valence-corrected chi connectivity index (χ2v) is 5.45. The number of aromatic amines is 1. The molecule has 1 aliphatic heterocycles. The fourth-order valence-electron chi connectivity index (χ4n) is 2.41.